The van der Waals surface area contributed by atoms with Gasteiger partial charge in [-0.15, -0.1) is 0 Å². The Morgan fingerprint density at radius 3 is 1.66 bits per heavy atom. The highest BCUT2D eigenvalue weighted by Crippen LogP contribution is 2.22. The summed E-state index contributed by atoms with van der Waals surface area (Å²) >= 11 is 14.1. The van der Waals surface area contributed by atoms with Gasteiger partial charge in [0.25, 0.3) is 5.91 Å². The number of esters is 2. The SMILES string of the molecule is O=C(O[C@H](C(=O)Nc1ccc(I)cc1)[C@@H](OC(=O)c1ccccc1Cl)C(=O)O)c1ccccc1Cl. The number of aliphatic carboxylic acids is 1. The molecule has 1 amide bonds. The summed E-state index contributed by atoms with van der Waals surface area (Å²) in [6.07, 6.45) is -4.27. The topological polar surface area (TPSA) is 119 Å². The monoisotopic (exact) mass is 627 g/mol. The first-order chi connectivity index (χ1) is 16.7. The van der Waals surface area contributed by atoms with Crippen LogP contribution in [-0.4, -0.2) is 41.1 Å². The normalized spacial score (nSPS) is 12.2. The highest BCUT2D eigenvalue weighted by atomic mass is 127. The molecule has 0 fully saturated rings. The lowest BCUT2D eigenvalue weighted by atomic mass is 10.1. The van der Waals surface area contributed by atoms with Crippen molar-refractivity contribution < 1.29 is 33.8 Å². The maximum Gasteiger partial charge on any atom is 0.349 e. The van der Waals surface area contributed by atoms with Crippen LogP contribution in [0, 0.1) is 3.57 Å². The minimum Gasteiger partial charge on any atom is -0.478 e. The van der Waals surface area contributed by atoms with Crippen molar-refractivity contribution in [3.8, 4) is 0 Å². The zero-order chi connectivity index (χ0) is 25.5. The van der Waals surface area contributed by atoms with E-state index < -0.39 is 36.0 Å². The highest BCUT2D eigenvalue weighted by molar-refractivity contribution is 14.1. The number of amides is 1. The van der Waals surface area contributed by atoms with Crippen molar-refractivity contribution in [3.63, 3.8) is 0 Å². The maximum atomic E-state index is 13.1. The lowest BCUT2D eigenvalue weighted by Crippen LogP contribution is -2.48. The van der Waals surface area contributed by atoms with E-state index >= 15 is 0 Å². The fourth-order valence-corrected chi connectivity index (χ4v) is 3.64. The highest BCUT2D eigenvalue weighted by Gasteiger charge is 2.41. The van der Waals surface area contributed by atoms with Crippen LogP contribution in [0.1, 0.15) is 20.7 Å². The van der Waals surface area contributed by atoms with Crippen molar-refractivity contribution in [1.82, 2.24) is 0 Å². The molecule has 3 aromatic rings. The van der Waals surface area contributed by atoms with Gasteiger partial charge in [-0.25, -0.2) is 14.4 Å². The molecule has 0 unspecified atom stereocenters. The third-order valence-corrected chi connectivity index (χ3v) is 5.92. The Balaban J connectivity index is 1.93. The lowest BCUT2D eigenvalue weighted by Gasteiger charge is -2.24. The van der Waals surface area contributed by atoms with Gasteiger partial charge in [0.15, 0.2) is 0 Å². The van der Waals surface area contributed by atoms with Crippen LogP contribution in [0.3, 0.4) is 0 Å². The predicted molar refractivity (Wildman–Crippen MR) is 137 cm³/mol. The van der Waals surface area contributed by atoms with E-state index in [1.807, 2.05) is 0 Å². The summed E-state index contributed by atoms with van der Waals surface area (Å²) in [5.41, 5.74) is 0.0632. The van der Waals surface area contributed by atoms with Crippen molar-refractivity contribution in [2.24, 2.45) is 0 Å². The molecule has 0 spiro atoms. The molecule has 11 heteroatoms. The van der Waals surface area contributed by atoms with Crippen LogP contribution < -0.4 is 5.32 Å². The molecule has 0 aliphatic rings. The number of hydrogen-bond acceptors (Lipinski definition) is 6. The largest absolute Gasteiger partial charge is 0.478 e. The van der Waals surface area contributed by atoms with Gasteiger partial charge >= 0.3 is 17.9 Å². The van der Waals surface area contributed by atoms with E-state index in [2.05, 4.69) is 27.9 Å². The molecule has 35 heavy (non-hydrogen) atoms. The Labute approximate surface area is 223 Å². The number of carboxylic acid groups (broad SMARTS) is 1. The van der Waals surface area contributed by atoms with E-state index in [4.69, 9.17) is 32.7 Å². The smallest absolute Gasteiger partial charge is 0.349 e. The van der Waals surface area contributed by atoms with E-state index in [1.165, 1.54) is 36.4 Å². The van der Waals surface area contributed by atoms with Crippen LogP contribution in [0.4, 0.5) is 5.69 Å². The van der Waals surface area contributed by atoms with Gasteiger partial charge in [-0.2, -0.15) is 0 Å². The van der Waals surface area contributed by atoms with Gasteiger partial charge in [-0.05, 0) is 71.1 Å². The van der Waals surface area contributed by atoms with Crippen LogP contribution in [0.5, 0.6) is 0 Å². The fourth-order valence-electron chi connectivity index (χ4n) is 2.85. The van der Waals surface area contributed by atoms with Crippen molar-refractivity contribution in [1.29, 1.82) is 0 Å². The minimum absolute atomic E-state index is 0.00888. The molecule has 180 valence electrons. The zero-order valence-corrected chi connectivity index (χ0v) is 21.3. The van der Waals surface area contributed by atoms with E-state index in [0.717, 1.165) is 3.57 Å². The number of carbonyl (C=O) groups is 4. The molecule has 0 bridgehead atoms. The van der Waals surface area contributed by atoms with Crippen LogP contribution in [-0.2, 0) is 19.1 Å². The molecular formula is C24H16Cl2INO7. The summed E-state index contributed by atoms with van der Waals surface area (Å²) < 4.78 is 11.2. The van der Waals surface area contributed by atoms with Crippen LogP contribution in [0.25, 0.3) is 0 Å². The van der Waals surface area contributed by atoms with E-state index in [1.54, 1.807) is 36.4 Å². The van der Waals surface area contributed by atoms with Crippen LogP contribution >= 0.6 is 45.8 Å². The third kappa shape index (κ3) is 6.93. The standard InChI is InChI=1S/C24H16Cl2INO7/c25-17-7-3-1-5-15(17)23(32)34-19(21(29)28-14-11-9-13(27)10-12-14)20(22(30)31)35-24(33)16-6-2-4-8-18(16)26/h1-12,19-20H,(H,28,29)(H,30,31)/t19-,20+/m0/s1. The summed E-state index contributed by atoms with van der Waals surface area (Å²) in [6, 6.07) is 18.2. The average molecular weight is 628 g/mol. The Morgan fingerprint density at radius 1 is 0.743 bits per heavy atom. The van der Waals surface area contributed by atoms with Gasteiger partial charge in [0.1, 0.15) is 0 Å². The summed E-state index contributed by atoms with van der Waals surface area (Å²) in [7, 11) is 0. The Kier molecular flexibility index (Phi) is 9.07. The van der Waals surface area contributed by atoms with Crippen LogP contribution in [0.2, 0.25) is 10.0 Å². The molecule has 3 aromatic carbocycles. The molecule has 8 nitrogen and oxygen atoms in total. The number of nitrogens with one attached hydrogen (secondary N) is 1. The summed E-state index contributed by atoms with van der Waals surface area (Å²) in [5.74, 6) is -4.96. The third-order valence-electron chi connectivity index (χ3n) is 4.54. The molecule has 0 aliphatic heterocycles. The average Bonchev–Trinajstić information content (AvgIpc) is 2.82. The van der Waals surface area contributed by atoms with Gasteiger partial charge in [0.05, 0.1) is 21.2 Å². The second kappa shape index (κ2) is 12.0. The number of halogens is 3. The van der Waals surface area contributed by atoms with Gasteiger partial charge in [0, 0.05) is 9.26 Å². The number of rotatable bonds is 8. The number of benzene rings is 3. The zero-order valence-electron chi connectivity index (χ0n) is 17.6. The number of carbonyl (C=O) groups excluding carboxylic acids is 3. The first-order valence-corrected chi connectivity index (χ1v) is 11.7. The first kappa shape index (κ1) is 26.5. The molecule has 0 saturated heterocycles. The van der Waals surface area contributed by atoms with Crippen molar-refractivity contribution >= 4 is 75.3 Å². The molecule has 3 rings (SSSR count). The summed E-state index contributed by atoms with van der Waals surface area (Å²) in [6.45, 7) is 0. The molecule has 0 aromatic heterocycles. The van der Waals surface area contributed by atoms with Gasteiger partial charge in [0.2, 0.25) is 12.2 Å². The van der Waals surface area contributed by atoms with Gasteiger partial charge < -0.3 is 19.9 Å². The van der Waals surface area contributed by atoms with Crippen molar-refractivity contribution in [2.75, 3.05) is 5.32 Å². The lowest BCUT2D eigenvalue weighted by molar-refractivity contribution is -0.157. The molecule has 0 saturated carbocycles. The Morgan fingerprint density at radius 2 is 1.20 bits per heavy atom. The number of anilines is 1. The van der Waals surface area contributed by atoms with Crippen molar-refractivity contribution in [3.05, 3.63) is 97.5 Å². The quantitative estimate of drug-likeness (QED) is 0.264. The minimum atomic E-state index is -2.20. The molecule has 2 N–H and O–H groups in total. The molecule has 0 heterocycles. The number of ether oxygens (including phenoxy) is 2. The van der Waals surface area contributed by atoms with Gasteiger partial charge in [-0.1, -0.05) is 47.5 Å². The first-order valence-electron chi connectivity index (χ1n) is 9.87. The summed E-state index contributed by atoms with van der Waals surface area (Å²) in [5, 5.41) is 12.3. The fraction of sp³-hybridized carbons (Fsp3) is 0.0833. The van der Waals surface area contributed by atoms with E-state index in [-0.39, 0.29) is 21.2 Å². The van der Waals surface area contributed by atoms with Crippen LogP contribution in [0.15, 0.2) is 72.8 Å². The van der Waals surface area contributed by atoms with E-state index in [9.17, 15) is 24.3 Å². The second-order valence-electron chi connectivity index (χ2n) is 6.95. The molecular weight excluding hydrogens is 612 g/mol. The molecule has 0 aliphatic carbocycles. The number of carboxylic acids is 1. The molecule has 0 radical (unpaired) electrons. The van der Waals surface area contributed by atoms with Gasteiger partial charge in [-0.3, -0.25) is 4.79 Å². The van der Waals surface area contributed by atoms with Crippen molar-refractivity contribution in [2.45, 2.75) is 12.2 Å². The Bertz CT molecular complexity index is 1270. The second-order valence-corrected chi connectivity index (χ2v) is 9.01. The summed E-state index contributed by atoms with van der Waals surface area (Å²) in [4.78, 5) is 50.6. The molecule has 2 atom stereocenters. The number of hydrogen-bond donors (Lipinski definition) is 2. The van der Waals surface area contributed by atoms with E-state index in [0.29, 0.717) is 5.69 Å². The Hall–Kier alpha value is -3.15. The maximum absolute atomic E-state index is 13.1. The predicted octanol–water partition coefficient (Wildman–Crippen LogP) is 5.07.